The molecule has 8 nitrogen and oxygen atoms in total. The van der Waals surface area contributed by atoms with Crippen LogP contribution in [0.4, 0.5) is 16.3 Å². The SMILES string of the molecule is CS(=O)(=O)OCCc1cccc(N2C(=O)NCc3cncnc32)c1. The maximum atomic E-state index is 12.3. The number of urea groups is 1. The van der Waals surface area contributed by atoms with Crippen molar-refractivity contribution in [3.63, 3.8) is 0 Å². The Bertz CT molecular complexity index is 869. The lowest BCUT2D eigenvalue weighted by Crippen LogP contribution is -2.41. The summed E-state index contributed by atoms with van der Waals surface area (Å²) in [4.78, 5) is 21.9. The van der Waals surface area contributed by atoms with Crippen molar-refractivity contribution in [1.82, 2.24) is 15.3 Å². The van der Waals surface area contributed by atoms with Gasteiger partial charge in [0.2, 0.25) is 0 Å². The van der Waals surface area contributed by atoms with Crippen LogP contribution in [0.25, 0.3) is 0 Å². The molecule has 0 unspecified atom stereocenters. The van der Waals surface area contributed by atoms with Gasteiger partial charge in [-0.3, -0.25) is 4.18 Å². The molecule has 126 valence electrons. The quantitative estimate of drug-likeness (QED) is 0.819. The number of benzene rings is 1. The summed E-state index contributed by atoms with van der Waals surface area (Å²) in [6, 6.07) is 6.97. The Morgan fingerprint density at radius 3 is 3.00 bits per heavy atom. The molecule has 0 fully saturated rings. The van der Waals surface area contributed by atoms with Gasteiger partial charge in [0.05, 0.1) is 18.6 Å². The zero-order chi connectivity index (χ0) is 17.2. The van der Waals surface area contributed by atoms with Gasteiger partial charge in [0, 0.05) is 18.3 Å². The lowest BCUT2D eigenvalue weighted by molar-refractivity contribution is 0.246. The van der Waals surface area contributed by atoms with Gasteiger partial charge < -0.3 is 5.32 Å². The number of carbonyl (C=O) groups is 1. The van der Waals surface area contributed by atoms with Gasteiger partial charge in [-0.15, -0.1) is 0 Å². The first-order valence-corrected chi connectivity index (χ1v) is 9.06. The number of anilines is 2. The zero-order valence-electron chi connectivity index (χ0n) is 13.0. The summed E-state index contributed by atoms with van der Waals surface area (Å²) >= 11 is 0. The summed E-state index contributed by atoms with van der Waals surface area (Å²) in [5.41, 5.74) is 2.32. The molecule has 1 aliphatic rings. The summed E-state index contributed by atoms with van der Waals surface area (Å²) in [5.74, 6) is 0.540. The van der Waals surface area contributed by atoms with E-state index >= 15 is 0 Å². The first-order valence-electron chi connectivity index (χ1n) is 7.24. The summed E-state index contributed by atoms with van der Waals surface area (Å²) in [6.45, 7) is 0.431. The largest absolute Gasteiger partial charge is 0.333 e. The van der Waals surface area contributed by atoms with Gasteiger partial charge in [0.1, 0.15) is 12.1 Å². The lowest BCUT2D eigenvalue weighted by atomic mass is 10.1. The van der Waals surface area contributed by atoms with Crippen molar-refractivity contribution >= 4 is 27.7 Å². The van der Waals surface area contributed by atoms with Crippen LogP contribution in [0, 0.1) is 0 Å². The topological polar surface area (TPSA) is 101 Å². The van der Waals surface area contributed by atoms with Crippen LogP contribution < -0.4 is 10.2 Å². The van der Waals surface area contributed by atoms with Crippen LogP contribution >= 0.6 is 0 Å². The van der Waals surface area contributed by atoms with Crippen LogP contribution in [-0.4, -0.2) is 37.3 Å². The second-order valence-corrected chi connectivity index (χ2v) is 6.96. The predicted octanol–water partition coefficient (Wildman–Crippen LogP) is 1.36. The zero-order valence-corrected chi connectivity index (χ0v) is 13.8. The minimum absolute atomic E-state index is 0.0488. The molecule has 24 heavy (non-hydrogen) atoms. The molecule has 1 aliphatic heterocycles. The van der Waals surface area contributed by atoms with Gasteiger partial charge in [-0.1, -0.05) is 12.1 Å². The van der Waals surface area contributed by atoms with Crippen molar-refractivity contribution in [3.8, 4) is 0 Å². The first-order chi connectivity index (χ1) is 11.4. The summed E-state index contributed by atoms with van der Waals surface area (Å²) in [7, 11) is -3.47. The standard InChI is InChI=1S/C15H16N4O4S/c1-24(21,22)23-6-5-11-3-2-4-13(7-11)19-14-12(8-16-10-18-14)9-17-15(19)20/h2-4,7-8,10H,5-6,9H2,1H3,(H,17,20). The fourth-order valence-corrected chi connectivity index (χ4v) is 2.81. The molecule has 2 aromatic rings. The number of nitrogens with one attached hydrogen (secondary N) is 1. The second-order valence-electron chi connectivity index (χ2n) is 5.31. The van der Waals surface area contributed by atoms with Crippen LogP contribution in [0.5, 0.6) is 0 Å². The third kappa shape index (κ3) is 3.69. The van der Waals surface area contributed by atoms with E-state index in [0.717, 1.165) is 17.4 Å². The number of hydrogen-bond acceptors (Lipinski definition) is 6. The van der Waals surface area contributed by atoms with E-state index in [1.54, 1.807) is 18.3 Å². The number of nitrogens with zero attached hydrogens (tertiary/aromatic N) is 3. The van der Waals surface area contributed by atoms with Crippen molar-refractivity contribution in [2.24, 2.45) is 0 Å². The molecule has 3 rings (SSSR count). The molecule has 2 heterocycles. The van der Waals surface area contributed by atoms with Crippen LogP contribution in [0.1, 0.15) is 11.1 Å². The van der Waals surface area contributed by atoms with Crippen LogP contribution in [0.3, 0.4) is 0 Å². The Morgan fingerprint density at radius 2 is 2.21 bits per heavy atom. The van der Waals surface area contributed by atoms with Crippen molar-refractivity contribution in [2.45, 2.75) is 13.0 Å². The Morgan fingerprint density at radius 1 is 1.38 bits per heavy atom. The van der Waals surface area contributed by atoms with E-state index in [4.69, 9.17) is 4.18 Å². The Balaban J connectivity index is 1.85. The number of rotatable bonds is 5. The highest BCUT2D eigenvalue weighted by Crippen LogP contribution is 2.29. The van der Waals surface area contributed by atoms with Crippen LogP contribution in [-0.2, 0) is 27.3 Å². The first kappa shape index (κ1) is 16.3. The van der Waals surface area contributed by atoms with Gasteiger partial charge in [-0.2, -0.15) is 8.42 Å². The van der Waals surface area contributed by atoms with Crippen molar-refractivity contribution < 1.29 is 17.4 Å². The minimum atomic E-state index is -3.47. The van der Waals surface area contributed by atoms with Crippen LogP contribution in [0.2, 0.25) is 0 Å². The van der Waals surface area contributed by atoms with Gasteiger partial charge in [0.25, 0.3) is 10.1 Å². The second kappa shape index (κ2) is 6.54. The fraction of sp³-hybridized carbons (Fsp3) is 0.267. The van der Waals surface area contributed by atoms with Gasteiger partial charge in [-0.05, 0) is 24.1 Å². The Hall–Kier alpha value is -2.52. The Kier molecular flexibility index (Phi) is 4.45. The van der Waals surface area contributed by atoms with E-state index in [1.807, 2.05) is 12.1 Å². The minimum Gasteiger partial charge on any atom is -0.333 e. The van der Waals surface area contributed by atoms with Crippen molar-refractivity contribution in [1.29, 1.82) is 0 Å². The Labute approximate surface area is 139 Å². The maximum Gasteiger partial charge on any atom is 0.327 e. The maximum absolute atomic E-state index is 12.3. The molecule has 0 aliphatic carbocycles. The number of hydrogen-bond donors (Lipinski definition) is 1. The molecule has 2 amide bonds. The summed E-state index contributed by atoms with van der Waals surface area (Å²) in [6.07, 6.45) is 4.48. The highest BCUT2D eigenvalue weighted by Gasteiger charge is 2.26. The highest BCUT2D eigenvalue weighted by atomic mass is 32.2. The summed E-state index contributed by atoms with van der Waals surface area (Å²) in [5, 5.41) is 2.77. The summed E-state index contributed by atoms with van der Waals surface area (Å²) < 4.78 is 26.8. The normalized spacial score (nSPS) is 14.2. The molecule has 0 saturated carbocycles. The van der Waals surface area contributed by atoms with Gasteiger partial charge >= 0.3 is 6.03 Å². The monoisotopic (exact) mass is 348 g/mol. The molecule has 0 radical (unpaired) electrons. The van der Waals surface area contributed by atoms with Gasteiger partial charge in [-0.25, -0.2) is 19.7 Å². The third-order valence-corrected chi connectivity index (χ3v) is 4.06. The highest BCUT2D eigenvalue weighted by molar-refractivity contribution is 7.85. The molecular formula is C15H16N4O4S. The number of carbonyl (C=O) groups excluding carboxylic acids is 1. The number of aromatic nitrogens is 2. The molecule has 9 heteroatoms. The lowest BCUT2D eigenvalue weighted by Gasteiger charge is -2.28. The van der Waals surface area contributed by atoms with Crippen molar-refractivity contribution in [3.05, 3.63) is 47.9 Å². The fourth-order valence-electron chi connectivity index (χ4n) is 2.43. The molecule has 0 saturated heterocycles. The number of amides is 2. The molecule has 1 aromatic heterocycles. The average molecular weight is 348 g/mol. The van der Waals surface area contributed by atoms with E-state index in [2.05, 4.69) is 15.3 Å². The van der Waals surface area contributed by atoms with E-state index in [0.29, 0.717) is 24.5 Å². The average Bonchev–Trinajstić information content (AvgIpc) is 2.54. The van der Waals surface area contributed by atoms with Gasteiger partial charge in [0.15, 0.2) is 0 Å². The van der Waals surface area contributed by atoms with Crippen molar-refractivity contribution in [2.75, 3.05) is 17.8 Å². The van der Waals surface area contributed by atoms with E-state index in [-0.39, 0.29) is 12.6 Å². The molecule has 1 aromatic carbocycles. The molecule has 1 N–H and O–H groups in total. The molecule has 0 atom stereocenters. The molecule has 0 bridgehead atoms. The predicted molar refractivity (Wildman–Crippen MR) is 87.3 cm³/mol. The van der Waals surface area contributed by atoms with E-state index in [1.165, 1.54) is 11.2 Å². The molecular weight excluding hydrogens is 332 g/mol. The molecule has 0 spiro atoms. The van der Waals surface area contributed by atoms with E-state index < -0.39 is 10.1 Å². The van der Waals surface area contributed by atoms with E-state index in [9.17, 15) is 13.2 Å². The number of fused-ring (bicyclic) bond motifs is 1. The van der Waals surface area contributed by atoms with Crippen LogP contribution in [0.15, 0.2) is 36.8 Å². The third-order valence-electron chi connectivity index (χ3n) is 3.47. The smallest absolute Gasteiger partial charge is 0.327 e.